The highest BCUT2D eigenvalue weighted by atomic mass is 35.5. The van der Waals surface area contributed by atoms with Crippen LogP contribution in [0, 0.1) is 5.92 Å². The quantitative estimate of drug-likeness (QED) is 0.664. The number of fused-ring (bicyclic) bond motifs is 1. The van der Waals surface area contributed by atoms with Crippen LogP contribution in [0.4, 0.5) is 0 Å². The van der Waals surface area contributed by atoms with Gasteiger partial charge in [0, 0.05) is 16.1 Å². The predicted octanol–water partition coefficient (Wildman–Crippen LogP) is 3.78. The number of rotatable bonds is 4. The summed E-state index contributed by atoms with van der Waals surface area (Å²) in [7, 11) is 0. The Bertz CT molecular complexity index is 597. The number of nitrogens with two attached hydrogens (primary N) is 1. The molecule has 21 heavy (non-hydrogen) atoms. The van der Waals surface area contributed by atoms with Crippen LogP contribution in [-0.2, 0) is 19.3 Å². The number of hydrazine groups is 1. The van der Waals surface area contributed by atoms with Crippen molar-refractivity contribution in [3.63, 3.8) is 0 Å². The summed E-state index contributed by atoms with van der Waals surface area (Å²) in [6.45, 7) is 0. The fourth-order valence-corrected chi connectivity index (χ4v) is 3.74. The maximum atomic E-state index is 6.27. The molecule has 0 saturated heterocycles. The maximum Gasteiger partial charge on any atom is 0.0453 e. The molecule has 0 fully saturated rings. The van der Waals surface area contributed by atoms with E-state index in [-0.39, 0.29) is 6.04 Å². The lowest BCUT2D eigenvalue weighted by atomic mass is 9.91. The molecule has 0 bridgehead atoms. The van der Waals surface area contributed by atoms with Crippen molar-refractivity contribution in [3.05, 3.63) is 69.2 Å². The Morgan fingerprint density at radius 2 is 1.57 bits per heavy atom. The van der Waals surface area contributed by atoms with Crippen molar-refractivity contribution in [1.29, 1.82) is 0 Å². The zero-order valence-corrected chi connectivity index (χ0v) is 13.2. The van der Waals surface area contributed by atoms with Gasteiger partial charge < -0.3 is 0 Å². The van der Waals surface area contributed by atoms with Gasteiger partial charge in [-0.2, -0.15) is 0 Å². The second-order valence-electron chi connectivity index (χ2n) is 5.61. The highest BCUT2D eigenvalue weighted by molar-refractivity contribution is 6.36. The summed E-state index contributed by atoms with van der Waals surface area (Å²) >= 11 is 12.5. The van der Waals surface area contributed by atoms with Crippen LogP contribution in [0.3, 0.4) is 0 Å². The van der Waals surface area contributed by atoms with Crippen molar-refractivity contribution >= 4 is 23.2 Å². The van der Waals surface area contributed by atoms with Crippen LogP contribution in [0.5, 0.6) is 0 Å². The van der Waals surface area contributed by atoms with Gasteiger partial charge in [-0.3, -0.25) is 11.3 Å². The molecule has 0 radical (unpaired) electrons. The Labute approximate surface area is 135 Å². The van der Waals surface area contributed by atoms with E-state index in [4.69, 9.17) is 29.0 Å². The Kier molecular flexibility index (Phi) is 4.51. The summed E-state index contributed by atoms with van der Waals surface area (Å²) in [6, 6.07) is 14.4. The van der Waals surface area contributed by atoms with E-state index in [1.54, 1.807) is 0 Å². The van der Waals surface area contributed by atoms with E-state index in [1.807, 2.05) is 18.2 Å². The standard InChI is InChI=1S/C17H18Cl2N2/c18-15-6-3-7-16(19)14(15)10-17(21-20)13-8-11-4-1-2-5-12(11)9-13/h1-7,13,17,21H,8-10,20H2. The molecule has 1 atom stereocenters. The molecule has 2 nitrogen and oxygen atoms in total. The minimum absolute atomic E-state index is 0.162. The fourth-order valence-electron chi connectivity index (χ4n) is 3.19. The first-order valence-corrected chi connectivity index (χ1v) is 7.90. The molecule has 0 aromatic heterocycles. The minimum Gasteiger partial charge on any atom is -0.271 e. The third-order valence-electron chi connectivity index (χ3n) is 4.35. The fraction of sp³-hybridized carbons (Fsp3) is 0.294. The van der Waals surface area contributed by atoms with Crippen molar-refractivity contribution in [1.82, 2.24) is 5.43 Å². The van der Waals surface area contributed by atoms with E-state index in [9.17, 15) is 0 Å². The molecule has 4 heteroatoms. The summed E-state index contributed by atoms with van der Waals surface area (Å²) in [5.41, 5.74) is 6.78. The van der Waals surface area contributed by atoms with Crippen LogP contribution in [0.15, 0.2) is 42.5 Å². The SMILES string of the molecule is NNC(Cc1c(Cl)cccc1Cl)C1Cc2ccccc2C1. The number of hydrogen-bond donors (Lipinski definition) is 2. The number of hydrogen-bond acceptors (Lipinski definition) is 2. The first-order valence-electron chi connectivity index (χ1n) is 7.15. The molecule has 1 aliphatic carbocycles. The molecule has 0 heterocycles. The molecule has 3 N–H and O–H groups in total. The summed E-state index contributed by atoms with van der Waals surface area (Å²) in [4.78, 5) is 0. The molecule has 2 aromatic carbocycles. The first kappa shape index (κ1) is 14.9. The average Bonchev–Trinajstić information content (AvgIpc) is 2.90. The van der Waals surface area contributed by atoms with Gasteiger partial charge in [-0.25, -0.2) is 0 Å². The maximum absolute atomic E-state index is 6.27. The van der Waals surface area contributed by atoms with Gasteiger partial charge in [-0.1, -0.05) is 53.5 Å². The van der Waals surface area contributed by atoms with E-state index in [0.29, 0.717) is 16.0 Å². The normalized spacial score (nSPS) is 16.0. The van der Waals surface area contributed by atoms with Gasteiger partial charge in [0.05, 0.1) is 0 Å². The molecular formula is C17H18Cl2N2. The van der Waals surface area contributed by atoms with Crippen molar-refractivity contribution in [2.45, 2.75) is 25.3 Å². The zero-order chi connectivity index (χ0) is 14.8. The molecule has 110 valence electrons. The molecule has 0 spiro atoms. The van der Waals surface area contributed by atoms with Gasteiger partial charge in [-0.15, -0.1) is 0 Å². The Hall–Kier alpha value is -1.06. The van der Waals surface area contributed by atoms with Crippen LogP contribution < -0.4 is 11.3 Å². The molecule has 0 amide bonds. The molecule has 0 aliphatic heterocycles. The smallest absolute Gasteiger partial charge is 0.0453 e. The van der Waals surface area contributed by atoms with Crippen molar-refractivity contribution < 1.29 is 0 Å². The minimum atomic E-state index is 0.162. The molecular weight excluding hydrogens is 303 g/mol. The van der Waals surface area contributed by atoms with Crippen LogP contribution in [0.1, 0.15) is 16.7 Å². The Balaban J connectivity index is 1.78. The first-order chi connectivity index (χ1) is 10.2. The van der Waals surface area contributed by atoms with Crippen LogP contribution in [0.2, 0.25) is 10.0 Å². The van der Waals surface area contributed by atoms with Crippen molar-refractivity contribution in [3.8, 4) is 0 Å². The predicted molar refractivity (Wildman–Crippen MR) is 88.6 cm³/mol. The van der Waals surface area contributed by atoms with Crippen LogP contribution >= 0.6 is 23.2 Å². The monoisotopic (exact) mass is 320 g/mol. The lowest BCUT2D eigenvalue weighted by Crippen LogP contribution is -2.43. The third kappa shape index (κ3) is 3.09. The molecule has 1 unspecified atom stereocenters. The van der Waals surface area contributed by atoms with Crippen molar-refractivity contribution in [2.24, 2.45) is 11.8 Å². The van der Waals surface area contributed by atoms with Crippen LogP contribution in [0.25, 0.3) is 0 Å². The Morgan fingerprint density at radius 1 is 1.00 bits per heavy atom. The summed E-state index contributed by atoms with van der Waals surface area (Å²) in [5.74, 6) is 6.27. The molecule has 2 aromatic rings. The summed E-state index contributed by atoms with van der Waals surface area (Å²) < 4.78 is 0. The topological polar surface area (TPSA) is 38.0 Å². The second-order valence-corrected chi connectivity index (χ2v) is 6.43. The number of nitrogens with one attached hydrogen (secondary N) is 1. The van der Waals surface area contributed by atoms with Gasteiger partial charge >= 0.3 is 0 Å². The molecule has 3 rings (SSSR count). The largest absolute Gasteiger partial charge is 0.271 e. The third-order valence-corrected chi connectivity index (χ3v) is 5.06. The van der Waals surface area contributed by atoms with E-state index >= 15 is 0 Å². The lowest BCUT2D eigenvalue weighted by molar-refractivity contribution is 0.367. The van der Waals surface area contributed by atoms with E-state index in [2.05, 4.69) is 29.7 Å². The molecule has 1 aliphatic rings. The van der Waals surface area contributed by atoms with E-state index in [1.165, 1.54) is 11.1 Å². The summed E-state index contributed by atoms with van der Waals surface area (Å²) in [5, 5.41) is 1.41. The average molecular weight is 321 g/mol. The zero-order valence-electron chi connectivity index (χ0n) is 11.7. The van der Waals surface area contributed by atoms with Gasteiger partial charge in [0.2, 0.25) is 0 Å². The van der Waals surface area contributed by atoms with E-state index in [0.717, 1.165) is 24.8 Å². The number of benzene rings is 2. The second kappa shape index (κ2) is 6.37. The molecule has 0 saturated carbocycles. The van der Waals surface area contributed by atoms with E-state index < -0.39 is 0 Å². The van der Waals surface area contributed by atoms with Gasteiger partial charge in [0.1, 0.15) is 0 Å². The van der Waals surface area contributed by atoms with Crippen LogP contribution in [-0.4, -0.2) is 6.04 Å². The van der Waals surface area contributed by atoms with Gasteiger partial charge in [0.15, 0.2) is 0 Å². The highest BCUT2D eigenvalue weighted by Gasteiger charge is 2.28. The van der Waals surface area contributed by atoms with Gasteiger partial charge in [-0.05, 0) is 54.0 Å². The highest BCUT2D eigenvalue weighted by Crippen LogP contribution is 2.32. The summed E-state index contributed by atoms with van der Waals surface area (Å²) in [6.07, 6.45) is 2.84. The lowest BCUT2D eigenvalue weighted by Gasteiger charge is -2.23. The Morgan fingerprint density at radius 3 is 2.10 bits per heavy atom. The van der Waals surface area contributed by atoms with Gasteiger partial charge in [0.25, 0.3) is 0 Å². The number of halogens is 2. The van der Waals surface area contributed by atoms with Crippen molar-refractivity contribution in [2.75, 3.05) is 0 Å².